The zero-order valence-corrected chi connectivity index (χ0v) is 19.4. The molecule has 1 unspecified atom stereocenters. The lowest BCUT2D eigenvalue weighted by Crippen LogP contribution is -2.52. The Morgan fingerprint density at radius 1 is 0.818 bits per heavy atom. The molecule has 2 aromatic carbocycles. The van der Waals surface area contributed by atoms with E-state index in [4.69, 9.17) is 0 Å². The third-order valence-corrected chi connectivity index (χ3v) is 7.88. The summed E-state index contributed by atoms with van der Waals surface area (Å²) in [5.41, 5.74) is 1.94. The van der Waals surface area contributed by atoms with Gasteiger partial charge in [0.1, 0.15) is 6.04 Å². The van der Waals surface area contributed by atoms with Crippen LogP contribution in [0.15, 0.2) is 60.7 Å². The first-order valence-corrected chi connectivity index (χ1v) is 13.1. The van der Waals surface area contributed by atoms with E-state index in [1.807, 2.05) is 53.4 Å². The first kappa shape index (κ1) is 23.3. The van der Waals surface area contributed by atoms with E-state index in [9.17, 15) is 18.0 Å². The molecule has 2 heterocycles. The molecular formula is C24H30N4O4S. The van der Waals surface area contributed by atoms with Crippen LogP contribution in [0, 0.1) is 0 Å². The molecule has 0 radical (unpaired) electrons. The number of sulfone groups is 1. The lowest BCUT2D eigenvalue weighted by Gasteiger charge is -2.36. The van der Waals surface area contributed by atoms with Crippen LogP contribution in [0.1, 0.15) is 11.6 Å². The zero-order valence-electron chi connectivity index (χ0n) is 18.6. The van der Waals surface area contributed by atoms with Crippen LogP contribution in [0.3, 0.4) is 0 Å². The number of hydrogen-bond acceptors (Lipinski definition) is 6. The van der Waals surface area contributed by atoms with Gasteiger partial charge < -0.3 is 15.1 Å². The van der Waals surface area contributed by atoms with Crippen molar-refractivity contribution in [1.29, 1.82) is 0 Å². The van der Waals surface area contributed by atoms with E-state index in [-0.39, 0.29) is 29.9 Å². The Labute approximate surface area is 195 Å². The lowest BCUT2D eigenvalue weighted by atomic mass is 10.0. The smallest absolute Gasteiger partial charge is 0.242 e. The Bertz CT molecular complexity index is 1040. The number of amides is 2. The number of carbonyl (C=O) groups excluding carboxylic acids is 2. The topological polar surface area (TPSA) is 90.0 Å². The van der Waals surface area contributed by atoms with Crippen molar-refractivity contribution in [2.75, 3.05) is 62.2 Å². The number of hydrogen-bond donors (Lipinski definition) is 1. The number of rotatable bonds is 6. The average Bonchev–Trinajstić information content (AvgIpc) is 2.85. The number of carbonyl (C=O) groups is 2. The molecule has 2 amide bonds. The number of piperazine rings is 1. The van der Waals surface area contributed by atoms with Crippen LogP contribution in [-0.4, -0.2) is 87.4 Å². The molecule has 8 nitrogen and oxygen atoms in total. The van der Waals surface area contributed by atoms with E-state index < -0.39 is 15.9 Å². The van der Waals surface area contributed by atoms with Gasteiger partial charge in [-0.2, -0.15) is 0 Å². The summed E-state index contributed by atoms with van der Waals surface area (Å²) >= 11 is 0. The minimum absolute atomic E-state index is 0.0359. The molecule has 0 bridgehead atoms. The van der Waals surface area contributed by atoms with Crippen molar-refractivity contribution < 1.29 is 18.0 Å². The van der Waals surface area contributed by atoms with Crippen molar-refractivity contribution in [3.05, 3.63) is 66.2 Å². The van der Waals surface area contributed by atoms with Crippen molar-refractivity contribution in [2.45, 2.75) is 6.04 Å². The number of nitrogens with zero attached hydrogens (tertiary/aromatic N) is 3. The van der Waals surface area contributed by atoms with Gasteiger partial charge in [-0.05, 0) is 17.7 Å². The molecule has 1 atom stereocenters. The van der Waals surface area contributed by atoms with Crippen molar-refractivity contribution in [2.24, 2.45) is 0 Å². The summed E-state index contributed by atoms with van der Waals surface area (Å²) in [6.45, 7) is 3.23. The molecule has 0 aromatic heterocycles. The molecular weight excluding hydrogens is 440 g/mol. The summed E-state index contributed by atoms with van der Waals surface area (Å²) in [4.78, 5) is 31.8. The van der Waals surface area contributed by atoms with Gasteiger partial charge in [0.25, 0.3) is 0 Å². The van der Waals surface area contributed by atoms with Crippen LogP contribution in [-0.2, 0) is 19.4 Å². The van der Waals surface area contributed by atoms with Crippen molar-refractivity contribution in [3.63, 3.8) is 0 Å². The largest absolute Gasteiger partial charge is 0.368 e. The summed E-state index contributed by atoms with van der Waals surface area (Å²) in [7, 11) is -3.06. The van der Waals surface area contributed by atoms with Crippen LogP contribution in [0.5, 0.6) is 0 Å². The van der Waals surface area contributed by atoms with E-state index in [2.05, 4.69) is 22.3 Å². The predicted molar refractivity (Wildman–Crippen MR) is 128 cm³/mol. The van der Waals surface area contributed by atoms with Gasteiger partial charge in [-0.25, -0.2) is 8.42 Å². The number of anilines is 1. The van der Waals surface area contributed by atoms with Gasteiger partial charge in [0.05, 0.1) is 18.1 Å². The fraction of sp³-hybridized carbons (Fsp3) is 0.417. The number of para-hydroxylation sites is 1. The minimum atomic E-state index is -3.06. The summed E-state index contributed by atoms with van der Waals surface area (Å²) in [5, 5.41) is 2.80. The predicted octanol–water partition coefficient (Wildman–Crippen LogP) is 0.923. The monoisotopic (exact) mass is 470 g/mol. The summed E-state index contributed by atoms with van der Waals surface area (Å²) in [5.74, 6) is -0.316. The number of nitrogens with one attached hydrogen (secondary N) is 1. The van der Waals surface area contributed by atoms with Gasteiger partial charge >= 0.3 is 0 Å². The second-order valence-electron chi connectivity index (χ2n) is 8.42. The molecule has 33 heavy (non-hydrogen) atoms. The maximum Gasteiger partial charge on any atom is 0.242 e. The van der Waals surface area contributed by atoms with Crippen molar-refractivity contribution in [3.8, 4) is 0 Å². The first-order chi connectivity index (χ1) is 15.9. The Kier molecular flexibility index (Phi) is 7.29. The minimum Gasteiger partial charge on any atom is -0.368 e. The molecule has 9 heteroatoms. The van der Waals surface area contributed by atoms with Gasteiger partial charge in [0, 0.05) is 45.0 Å². The molecule has 2 fully saturated rings. The van der Waals surface area contributed by atoms with E-state index in [0.717, 1.165) is 24.3 Å². The molecule has 0 saturated carbocycles. The Morgan fingerprint density at radius 2 is 1.39 bits per heavy atom. The molecule has 4 rings (SSSR count). The van der Waals surface area contributed by atoms with Gasteiger partial charge in [-0.15, -0.1) is 0 Å². The van der Waals surface area contributed by atoms with Crippen LogP contribution < -0.4 is 10.2 Å². The van der Waals surface area contributed by atoms with Gasteiger partial charge in [0.15, 0.2) is 9.84 Å². The highest BCUT2D eigenvalue weighted by Gasteiger charge is 2.33. The SMILES string of the molecule is O=C(NCC(=O)N1CCN(c2ccccc2)CC1)C(c1ccccc1)N1CCS(=O)(=O)CC1. The van der Waals surface area contributed by atoms with Gasteiger partial charge in [0.2, 0.25) is 11.8 Å². The summed E-state index contributed by atoms with van der Waals surface area (Å²) in [6.07, 6.45) is 0. The zero-order chi connectivity index (χ0) is 23.3. The van der Waals surface area contributed by atoms with Gasteiger partial charge in [-0.1, -0.05) is 48.5 Å². The highest BCUT2D eigenvalue weighted by atomic mass is 32.2. The Morgan fingerprint density at radius 3 is 2.00 bits per heavy atom. The number of benzene rings is 2. The summed E-state index contributed by atoms with van der Waals surface area (Å²) in [6, 6.07) is 18.8. The molecule has 2 aliphatic heterocycles. The molecule has 2 aliphatic rings. The highest BCUT2D eigenvalue weighted by molar-refractivity contribution is 7.91. The maximum atomic E-state index is 13.1. The third-order valence-electron chi connectivity index (χ3n) is 6.28. The fourth-order valence-corrected chi connectivity index (χ4v) is 5.60. The van der Waals surface area contributed by atoms with Crippen LogP contribution in [0.2, 0.25) is 0 Å². The lowest BCUT2D eigenvalue weighted by molar-refractivity contribution is -0.134. The first-order valence-electron chi connectivity index (χ1n) is 11.3. The molecule has 1 N–H and O–H groups in total. The quantitative estimate of drug-likeness (QED) is 0.676. The van der Waals surface area contributed by atoms with E-state index in [0.29, 0.717) is 26.2 Å². The highest BCUT2D eigenvalue weighted by Crippen LogP contribution is 2.23. The van der Waals surface area contributed by atoms with E-state index >= 15 is 0 Å². The second-order valence-corrected chi connectivity index (χ2v) is 10.7. The Balaban J connectivity index is 1.34. The summed E-state index contributed by atoms with van der Waals surface area (Å²) < 4.78 is 23.7. The van der Waals surface area contributed by atoms with E-state index in [1.165, 1.54) is 0 Å². The van der Waals surface area contributed by atoms with Gasteiger partial charge in [-0.3, -0.25) is 14.5 Å². The standard InChI is InChI=1S/C24H30N4O4S/c29-22(27-13-11-26(12-14-27)21-9-5-2-6-10-21)19-25-24(30)23(20-7-3-1-4-8-20)28-15-17-33(31,32)18-16-28/h1-10,23H,11-19H2,(H,25,30). The Hall–Kier alpha value is -2.91. The third kappa shape index (κ3) is 5.91. The maximum absolute atomic E-state index is 13.1. The van der Waals surface area contributed by atoms with Crippen LogP contribution >= 0.6 is 0 Å². The normalized spacial score (nSPS) is 19.6. The van der Waals surface area contributed by atoms with Crippen molar-refractivity contribution >= 4 is 27.3 Å². The molecule has 0 aliphatic carbocycles. The fourth-order valence-electron chi connectivity index (χ4n) is 4.37. The molecule has 0 spiro atoms. The average molecular weight is 471 g/mol. The second kappa shape index (κ2) is 10.4. The van der Waals surface area contributed by atoms with Crippen molar-refractivity contribution in [1.82, 2.24) is 15.1 Å². The molecule has 176 valence electrons. The van der Waals surface area contributed by atoms with E-state index in [1.54, 1.807) is 4.90 Å². The molecule has 2 saturated heterocycles. The van der Waals surface area contributed by atoms with Crippen LogP contribution in [0.4, 0.5) is 5.69 Å². The molecule has 2 aromatic rings. The van der Waals surface area contributed by atoms with Crippen LogP contribution in [0.25, 0.3) is 0 Å².